The molecule has 3 rings (SSSR count). The van der Waals surface area contributed by atoms with Gasteiger partial charge >= 0.3 is 6.03 Å². The normalized spacial score (nSPS) is 15.1. The van der Waals surface area contributed by atoms with E-state index in [1.54, 1.807) is 0 Å². The van der Waals surface area contributed by atoms with Crippen LogP contribution < -0.4 is 10.6 Å². The lowest BCUT2D eigenvalue weighted by Crippen LogP contribution is -2.38. The van der Waals surface area contributed by atoms with Crippen molar-refractivity contribution < 1.29 is 4.79 Å². The Bertz CT molecular complexity index is 635. The molecule has 2 N–H and O–H groups in total. The first-order valence-electron chi connectivity index (χ1n) is 7.88. The summed E-state index contributed by atoms with van der Waals surface area (Å²) in [6.07, 6.45) is 2.38. The van der Waals surface area contributed by atoms with Crippen LogP contribution in [0.1, 0.15) is 35.6 Å². The second-order valence-electron chi connectivity index (χ2n) is 5.98. The van der Waals surface area contributed by atoms with Crippen LogP contribution >= 0.6 is 0 Å². The Morgan fingerprint density at radius 2 is 1.77 bits per heavy atom. The molecule has 2 aromatic carbocycles. The highest BCUT2D eigenvalue weighted by Gasteiger charge is 2.33. The van der Waals surface area contributed by atoms with Gasteiger partial charge in [0.25, 0.3) is 0 Å². The van der Waals surface area contributed by atoms with E-state index in [0.717, 1.165) is 5.56 Å². The lowest BCUT2D eigenvalue weighted by molar-refractivity contribution is 0.235. The van der Waals surface area contributed by atoms with Crippen molar-refractivity contribution in [1.29, 1.82) is 0 Å². The summed E-state index contributed by atoms with van der Waals surface area (Å²) < 4.78 is 0. The van der Waals surface area contributed by atoms with E-state index >= 15 is 0 Å². The molecular weight excluding hydrogens is 272 g/mol. The maximum atomic E-state index is 12.2. The largest absolute Gasteiger partial charge is 0.334 e. The van der Waals surface area contributed by atoms with Crippen molar-refractivity contribution in [1.82, 2.24) is 10.6 Å². The molecule has 2 aromatic rings. The van der Waals surface area contributed by atoms with Gasteiger partial charge < -0.3 is 10.6 Å². The number of aryl methyl sites for hydroxylation is 1. The fourth-order valence-electron chi connectivity index (χ4n) is 2.74. The number of urea groups is 1. The third-order valence-corrected chi connectivity index (χ3v) is 4.24. The Labute approximate surface area is 131 Å². The molecule has 0 radical (unpaired) electrons. The lowest BCUT2D eigenvalue weighted by Gasteiger charge is -2.19. The summed E-state index contributed by atoms with van der Waals surface area (Å²) in [6, 6.07) is 18.4. The van der Waals surface area contributed by atoms with Gasteiger partial charge in [-0.2, -0.15) is 0 Å². The van der Waals surface area contributed by atoms with Crippen molar-refractivity contribution in [2.24, 2.45) is 5.92 Å². The van der Waals surface area contributed by atoms with E-state index < -0.39 is 0 Å². The van der Waals surface area contributed by atoms with Gasteiger partial charge in [-0.25, -0.2) is 4.79 Å². The van der Waals surface area contributed by atoms with E-state index in [4.69, 9.17) is 0 Å². The first-order valence-corrected chi connectivity index (χ1v) is 7.88. The molecule has 0 unspecified atom stereocenters. The van der Waals surface area contributed by atoms with Crippen LogP contribution in [0.3, 0.4) is 0 Å². The number of rotatable bonds is 5. The zero-order valence-corrected chi connectivity index (χ0v) is 12.9. The second kappa shape index (κ2) is 6.65. The Balaban J connectivity index is 1.59. The zero-order valence-electron chi connectivity index (χ0n) is 12.9. The minimum absolute atomic E-state index is 0.0935. The molecule has 1 saturated carbocycles. The molecule has 114 valence electrons. The minimum Gasteiger partial charge on any atom is -0.334 e. The Morgan fingerprint density at radius 3 is 2.45 bits per heavy atom. The molecule has 0 aliphatic heterocycles. The maximum Gasteiger partial charge on any atom is 0.315 e. The van der Waals surface area contributed by atoms with Crippen molar-refractivity contribution in [2.75, 3.05) is 0 Å². The summed E-state index contributed by atoms with van der Waals surface area (Å²) in [4.78, 5) is 12.2. The van der Waals surface area contributed by atoms with E-state index in [2.05, 4.69) is 35.8 Å². The van der Waals surface area contributed by atoms with Crippen molar-refractivity contribution in [3.63, 3.8) is 0 Å². The number of carbonyl (C=O) groups excluding carboxylic acids is 1. The molecule has 1 aliphatic carbocycles. The maximum absolute atomic E-state index is 12.2. The molecular formula is C19H22N2O. The van der Waals surface area contributed by atoms with Crippen molar-refractivity contribution in [3.05, 3.63) is 71.3 Å². The highest BCUT2D eigenvalue weighted by atomic mass is 16.2. The average Bonchev–Trinajstić information content (AvgIpc) is 3.37. The standard InChI is InChI=1S/C19H22N2O/c1-14-7-5-6-10-17(14)13-20-19(22)21-18(16-11-12-16)15-8-3-2-4-9-15/h2-10,16,18H,11-13H2,1H3,(H2,20,21,22)/t18-/m1/s1. The molecule has 0 spiro atoms. The van der Waals surface area contributed by atoms with Crippen molar-refractivity contribution in [2.45, 2.75) is 32.4 Å². The van der Waals surface area contributed by atoms with Crippen molar-refractivity contribution in [3.8, 4) is 0 Å². The van der Waals surface area contributed by atoms with Crippen LogP contribution in [0.2, 0.25) is 0 Å². The first-order chi connectivity index (χ1) is 10.7. The van der Waals surface area contributed by atoms with E-state index in [-0.39, 0.29) is 12.1 Å². The Morgan fingerprint density at radius 1 is 1.09 bits per heavy atom. The fraction of sp³-hybridized carbons (Fsp3) is 0.316. The monoisotopic (exact) mass is 294 g/mol. The quantitative estimate of drug-likeness (QED) is 0.861. The van der Waals surface area contributed by atoms with Crippen LogP contribution in [0.15, 0.2) is 54.6 Å². The van der Waals surface area contributed by atoms with Gasteiger partial charge in [-0.15, -0.1) is 0 Å². The van der Waals surface area contributed by atoms with Gasteiger partial charge in [0.15, 0.2) is 0 Å². The zero-order chi connectivity index (χ0) is 15.4. The van der Waals surface area contributed by atoms with Gasteiger partial charge in [0.05, 0.1) is 6.04 Å². The summed E-state index contributed by atoms with van der Waals surface area (Å²) in [5, 5.41) is 6.11. The van der Waals surface area contributed by atoms with E-state index in [9.17, 15) is 4.79 Å². The smallest absolute Gasteiger partial charge is 0.315 e. The molecule has 0 heterocycles. The molecule has 1 atom stereocenters. The van der Waals surface area contributed by atoms with Gasteiger partial charge in [-0.05, 0) is 42.4 Å². The van der Waals surface area contributed by atoms with Crippen molar-refractivity contribution >= 4 is 6.03 Å². The van der Waals surface area contributed by atoms with Gasteiger partial charge in [0, 0.05) is 6.54 Å². The molecule has 22 heavy (non-hydrogen) atoms. The van der Waals surface area contributed by atoms with E-state index in [1.807, 2.05) is 36.4 Å². The van der Waals surface area contributed by atoms with Crippen LogP contribution in [0, 0.1) is 12.8 Å². The summed E-state index contributed by atoms with van der Waals surface area (Å²) >= 11 is 0. The third-order valence-electron chi connectivity index (χ3n) is 4.24. The highest BCUT2D eigenvalue weighted by Crippen LogP contribution is 2.40. The Kier molecular flexibility index (Phi) is 4.42. The molecule has 0 bridgehead atoms. The number of amides is 2. The average molecular weight is 294 g/mol. The summed E-state index contributed by atoms with van der Waals surface area (Å²) in [6.45, 7) is 2.62. The Hall–Kier alpha value is -2.29. The van der Waals surface area contributed by atoms with Gasteiger partial charge in [0.2, 0.25) is 0 Å². The van der Waals surface area contributed by atoms with Gasteiger partial charge in [0.1, 0.15) is 0 Å². The number of hydrogen-bond acceptors (Lipinski definition) is 1. The van der Waals surface area contributed by atoms with Crippen LogP contribution in [0.5, 0.6) is 0 Å². The number of benzene rings is 2. The fourth-order valence-corrected chi connectivity index (χ4v) is 2.74. The minimum atomic E-state index is -0.0935. The third kappa shape index (κ3) is 3.67. The van der Waals surface area contributed by atoms with Gasteiger partial charge in [-0.1, -0.05) is 54.6 Å². The number of carbonyl (C=O) groups is 1. The molecule has 3 nitrogen and oxygen atoms in total. The topological polar surface area (TPSA) is 41.1 Å². The van der Waals surface area contributed by atoms with Gasteiger partial charge in [-0.3, -0.25) is 0 Å². The highest BCUT2D eigenvalue weighted by molar-refractivity contribution is 5.74. The summed E-state index contributed by atoms with van der Waals surface area (Å²) in [7, 11) is 0. The molecule has 0 saturated heterocycles. The molecule has 3 heteroatoms. The van der Waals surface area contributed by atoms with E-state index in [0.29, 0.717) is 12.5 Å². The second-order valence-corrected chi connectivity index (χ2v) is 5.98. The molecule has 1 aliphatic rings. The van der Waals surface area contributed by atoms with E-state index in [1.165, 1.54) is 24.0 Å². The number of nitrogens with one attached hydrogen (secondary N) is 2. The lowest BCUT2D eigenvalue weighted by atomic mass is 10.0. The predicted octanol–water partition coefficient (Wildman–Crippen LogP) is 3.95. The first kappa shape index (κ1) is 14.6. The molecule has 0 aromatic heterocycles. The number of hydrogen-bond donors (Lipinski definition) is 2. The summed E-state index contributed by atoms with van der Waals surface area (Å²) in [5.74, 6) is 0.576. The van der Waals surface area contributed by atoms with Crippen LogP contribution in [0.25, 0.3) is 0 Å². The predicted molar refractivity (Wildman–Crippen MR) is 88.5 cm³/mol. The van der Waals surface area contributed by atoms with Crippen LogP contribution in [-0.4, -0.2) is 6.03 Å². The summed E-state index contributed by atoms with van der Waals surface area (Å²) in [5.41, 5.74) is 3.54. The molecule has 1 fully saturated rings. The van der Waals surface area contributed by atoms with Crippen LogP contribution in [0.4, 0.5) is 4.79 Å². The molecule has 2 amide bonds. The van der Waals surface area contributed by atoms with Crippen LogP contribution in [-0.2, 0) is 6.54 Å². The SMILES string of the molecule is Cc1ccccc1CNC(=O)N[C@H](c1ccccc1)C1CC1.